The number of benzene rings is 1. The molecule has 21 heavy (non-hydrogen) atoms. The summed E-state index contributed by atoms with van der Waals surface area (Å²) in [7, 11) is 0. The lowest BCUT2D eigenvalue weighted by Gasteiger charge is -2.08. The molecule has 2 rings (SSSR count). The molecule has 0 unspecified atom stereocenters. The molecule has 0 aliphatic heterocycles. The molecule has 4 nitrogen and oxygen atoms in total. The average Bonchev–Trinajstić information content (AvgIpc) is 2.45. The van der Waals surface area contributed by atoms with Crippen LogP contribution in [0.3, 0.4) is 0 Å². The van der Waals surface area contributed by atoms with Gasteiger partial charge in [-0.2, -0.15) is 0 Å². The topological polar surface area (TPSA) is 51.1 Å². The Morgan fingerprint density at radius 1 is 1.29 bits per heavy atom. The zero-order valence-electron chi connectivity index (χ0n) is 11.8. The summed E-state index contributed by atoms with van der Waals surface area (Å²) in [6, 6.07) is 10.4. The van der Waals surface area contributed by atoms with Crippen molar-refractivity contribution in [2.24, 2.45) is 0 Å². The van der Waals surface area contributed by atoms with Gasteiger partial charge in [0.05, 0.1) is 10.6 Å². The lowest BCUT2D eigenvalue weighted by Crippen LogP contribution is -2.27. The Kier molecular flexibility index (Phi) is 5.17. The molecule has 1 heterocycles. The predicted molar refractivity (Wildman–Crippen MR) is 83.8 cm³/mol. The third-order valence-electron chi connectivity index (χ3n) is 3.13. The van der Waals surface area contributed by atoms with Crippen molar-refractivity contribution in [2.75, 3.05) is 6.54 Å². The SMILES string of the molecule is Cc1ccn(CCCNC(=O)c2ccccc2Cl)c(=O)c1. The van der Waals surface area contributed by atoms with Gasteiger partial charge in [-0.3, -0.25) is 9.59 Å². The Morgan fingerprint density at radius 2 is 2.05 bits per heavy atom. The highest BCUT2D eigenvalue weighted by Crippen LogP contribution is 2.14. The van der Waals surface area contributed by atoms with E-state index < -0.39 is 0 Å². The zero-order valence-corrected chi connectivity index (χ0v) is 12.6. The first kappa shape index (κ1) is 15.3. The van der Waals surface area contributed by atoms with E-state index in [1.54, 1.807) is 41.1 Å². The van der Waals surface area contributed by atoms with Crippen LogP contribution in [0, 0.1) is 6.92 Å². The van der Waals surface area contributed by atoms with E-state index in [9.17, 15) is 9.59 Å². The number of hydrogen-bond donors (Lipinski definition) is 1. The number of aromatic nitrogens is 1. The second-order valence-corrected chi connectivity index (χ2v) is 5.23. The lowest BCUT2D eigenvalue weighted by molar-refractivity contribution is 0.0953. The van der Waals surface area contributed by atoms with Gasteiger partial charge in [0.15, 0.2) is 0 Å². The number of hydrogen-bond acceptors (Lipinski definition) is 2. The molecule has 0 saturated carbocycles. The van der Waals surface area contributed by atoms with E-state index >= 15 is 0 Å². The van der Waals surface area contributed by atoms with Crippen molar-refractivity contribution >= 4 is 17.5 Å². The van der Waals surface area contributed by atoms with E-state index in [1.807, 2.05) is 13.0 Å². The number of rotatable bonds is 5. The smallest absolute Gasteiger partial charge is 0.252 e. The molecule has 0 aliphatic carbocycles. The van der Waals surface area contributed by atoms with E-state index in [-0.39, 0.29) is 11.5 Å². The van der Waals surface area contributed by atoms with Crippen molar-refractivity contribution in [3.8, 4) is 0 Å². The molecule has 0 fully saturated rings. The summed E-state index contributed by atoms with van der Waals surface area (Å²) >= 11 is 5.96. The Labute approximate surface area is 128 Å². The minimum absolute atomic E-state index is 0.0209. The second-order valence-electron chi connectivity index (χ2n) is 4.83. The fourth-order valence-electron chi connectivity index (χ4n) is 1.98. The van der Waals surface area contributed by atoms with Crippen LogP contribution in [0.1, 0.15) is 22.3 Å². The molecule has 0 radical (unpaired) electrons. The van der Waals surface area contributed by atoms with Gasteiger partial charge in [0.25, 0.3) is 11.5 Å². The first-order valence-corrected chi connectivity index (χ1v) is 7.15. The van der Waals surface area contributed by atoms with Crippen molar-refractivity contribution in [2.45, 2.75) is 19.9 Å². The monoisotopic (exact) mass is 304 g/mol. The highest BCUT2D eigenvalue weighted by molar-refractivity contribution is 6.33. The Balaban J connectivity index is 1.84. The molecule has 5 heteroatoms. The Morgan fingerprint density at radius 3 is 2.76 bits per heavy atom. The molecule has 0 atom stereocenters. The van der Waals surface area contributed by atoms with Crippen LogP contribution in [0.5, 0.6) is 0 Å². The standard InChI is InChI=1S/C16H17ClN2O2/c1-12-7-10-19(15(20)11-12)9-4-8-18-16(21)13-5-2-3-6-14(13)17/h2-3,5-7,10-11H,4,8-9H2,1H3,(H,18,21). The number of nitrogens with one attached hydrogen (secondary N) is 1. The quantitative estimate of drug-likeness (QED) is 0.863. The maximum absolute atomic E-state index is 11.9. The first-order valence-electron chi connectivity index (χ1n) is 6.78. The summed E-state index contributed by atoms with van der Waals surface area (Å²) in [5.41, 5.74) is 1.39. The highest BCUT2D eigenvalue weighted by atomic mass is 35.5. The average molecular weight is 305 g/mol. The number of pyridine rings is 1. The lowest BCUT2D eigenvalue weighted by atomic mass is 10.2. The van der Waals surface area contributed by atoms with Crippen LogP contribution in [0.2, 0.25) is 5.02 Å². The largest absolute Gasteiger partial charge is 0.352 e. The first-order chi connectivity index (χ1) is 10.1. The highest BCUT2D eigenvalue weighted by Gasteiger charge is 2.08. The predicted octanol–water partition coefficient (Wildman–Crippen LogP) is 2.63. The Hall–Kier alpha value is -2.07. The molecule has 1 N–H and O–H groups in total. The van der Waals surface area contributed by atoms with E-state index in [0.29, 0.717) is 30.1 Å². The van der Waals surface area contributed by atoms with Crippen LogP contribution in [0.4, 0.5) is 0 Å². The maximum atomic E-state index is 11.9. The van der Waals surface area contributed by atoms with Crippen LogP contribution >= 0.6 is 11.6 Å². The van der Waals surface area contributed by atoms with Gasteiger partial charge >= 0.3 is 0 Å². The van der Waals surface area contributed by atoms with E-state index in [0.717, 1.165) is 5.56 Å². The molecule has 0 spiro atoms. The van der Waals surface area contributed by atoms with E-state index in [2.05, 4.69) is 5.32 Å². The molecule has 1 aromatic carbocycles. The van der Waals surface area contributed by atoms with Crippen molar-refractivity contribution in [3.63, 3.8) is 0 Å². The summed E-state index contributed by atoms with van der Waals surface area (Å²) in [6.45, 7) is 2.95. The van der Waals surface area contributed by atoms with Gasteiger partial charge in [-0.1, -0.05) is 23.7 Å². The van der Waals surface area contributed by atoms with Gasteiger partial charge in [-0.05, 0) is 37.1 Å². The number of aryl methyl sites for hydroxylation is 2. The van der Waals surface area contributed by atoms with Gasteiger partial charge < -0.3 is 9.88 Å². The van der Waals surface area contributed by atoms with E-state index in [1.165, 1.54) is 0 Å². The van der Waals surface area contributed by atoms with Crippen molar-refractivity contribution in [1.29, 1.82) is 0 Å². The maximum Gasteiger partial charge on any atom is 0.252 e. The minimum Gasteiger partial charge on any atom is -0.352 e. The molecule has 2 aromatic rings. The summed E-state index contributed by atoms with van der Waals surface area (Å²) in [4.78, 5) is 23.6. The molecular weight excluding hydrogens is 288 g/mol. The number of amides is 1. The third-order valence-corrected chi connectivity index (χ3v) is 3.46. The molecule has 110 valence electrons. The summed E-state index contributed by atoms with van der Waals surface area (Å²) < 4.78 is 1.63. The van der Waals surface area contributed by atoms with Gasteiger partial charge in [-0.15, -0.1) is 0 Å². The van der Waals surface area contributed by atoms with Crippen LogP contribution in [0.15, 0.2) is 47.4 Å². The zero-order chi connectivity index (χ0) is 15.2. The van der Waals surface area contributed by atoms with Crippen molar-refractivity contribution in [3.05, 3.63) is 69.1 Å². The van der Waals surface area contributed by atoms with Crippen LogP contribution in [0.25, 0.3) is 0 Å². The molecule has 0 bridgehead atoms. The van der Waals surface area contributed by atoms with Gasteiger partial charge in [-0.25, -0.2) is 0 Å². The molecular formula is C16H17ClN2O2. The number of carbonyl (C=O) groups is 1. The van der Waals surface area contributed by atoms with E-state index in [4.69, 9.17) is 11.6 Å². The normalized spacial score (nSPS) is 10.4. The summed E-state index contributed by atoms with van der Waals surface area (Å²) in [5, 5.41) is 3.24. The van der Waals surface area contributed by atoms with Crippen molar-refractivity contribution in [1.82, 2.24) is 9.88 Å². The molecule has 1 aromatic heterocycles. The Bertz CT molecular complexity index is 695. The minimum atomic E-state index is -0.197. The second kappa shape index (κ2) is 7.09. The van der Waals surface area contributed by atoms with Gasteiger partial charge in [0.1, 0.15) is 0 Å². The third kappa shape index (κ3) is 4.20. The van der Waals surface area contributed by atoms with Gasteiger partial charge in [0.2, 0.25) is 0 Å². The summed E-state index contributed by atoms with van der Waals surface area (Å²) in [5.74, 6) is -0.197. The summed E-state index contributed by atoms with van der Waals surface area (Å²) in [6.07, 6.45) is 2.45. The van der Waals surface area contributed by atoms with Crippen LogP contribution in [-0.2, 0) is 6.54 Å². The van der Waals surface area contributed by atoms with Crippen molar-refractivity contribution < 1.29 is 4.79 Å². The fourth-order valence-corrected chi connectivity index (χ4v) is 2.20. The number of halogens is 1. The molecule has 1 amide bonds. The van der Waals surface area contributed by atoms with Gasteiger partial charge in [0, 0.05) is 25.4 Å². The fraction of sp³-hybridized carbons (Fsp3) is 0.250. The number of carbonyl (C=O) groups excluding carboxylic acids is 1. The van der Waals surface area contributed by atoms with Crippen LogP contribution in [-0.4, -0.2) is 17.0 Å². The van der Waals surface area contributed by atoms with Crippen LogP contribution < -0.4 is 10.9 Å². The molecule has 0 saturated heterocycles. The number of nitrogens with zero attached hydrogens (tertiary/aromatic N) is 1. The molecule has 0 aliphatic rings.